The number of anilines is 1. The first-order valence-electron chi connectivity index (χ1n) is 9.22. The Hall–Kier alpha value is -2.98. The van der Waals surface area contributed by atoms with Gasteiger partial charge in [-0.1, -0.05) is 41.9 Å². The zero-order valence-corrected chi connectivity index (χ0v) is 16.0. The summed E-state index contributed by atoms with van der Waals surface area (Å²) >= 11 is 6.25. The molecule has 0 aliphatic carbocycles. The van der Waals surface area contributed by atoms with E-state index in [9.17, 15) is 4.79 Å². The fraction of sp³-hybridized carbons (Fsp3) is 0.174. The molecule has 1 aliphatic heterocycles. The van der Waals surface area contributed by atoms with Crippen LogP contribution in [0.4, 0.5) is 5.69 Å². The molecule has 3 aromatic rings. The van der Waals surface area contributed by atoms with Crippen molar-refractivity contribution in [3.8, 4) is 11.5 Å². The maximum absolute atomic E-state index is 11.2. The average molecular weight is 394 g/mol. The minimum absolute atomic E-state index is 0.326. The van der Waals surface area contributed by atoms with E-state index in [-0.39, 0.29) is 0 Å². The smallest absolute Gasteiger partial charge is 0.335 e. The van der Waals surface area contributed by atoms with Crippen LogP contribution in [-0.4, -0.2) is 17.6 Å². The number of aromatic carboxylic acids is 1. The van der Waals surface area contributed by atoms with Gasteiger partial charge in [0.15, 0.2) is 5.75 Å². The van der Waals surface area contributed by atoms with Gasteiger partial charge >= 0.3 is 5.97 Å². The lowest BCUT2D eigenvalue weighted by Crippen LogP contribution is -2.23. The molecule has 0 bridgehead atoms. The number of rotatable bonds is 5. The molecule has 142 valence electrons. The summed E-state index contributed by atoms with van der Waals surface area (Å²) < 4.78 is 6.13. The normalized spacial score (nSPS) is 12.5. The maximum atomic E-state index is 11.2. The predicted molar refractivity (Wildman–Crippen MR) is 111 cm³/mol. The summed E-state index contributed by atoms with van der Waals surface area (Å²) in [6, 6.07) is 20.9. The molecule has 28 heavy (non-hydrogen) atoms. The lowest BCUT2D eigenvalue weighted by Gasteiger charge is -2.24. The molecule has 0 amide bonds. The van der Waals surface area contributed by atoms with Gasteiger partial charge in [0.05, 0.1) is 11.3 Å². The second kappa shape index (κ2) is 7.95. The quantitative estimate of drug-likeness (QED) is 0.596. The van der Waals surface area contributed by atoms with E-state index in [0.717, 1.165) is 54.2 Å². The zero-order valence-electron chi connectivity index (χ0n) is 15.3. The maximum Gasteiger partial charge on any atom is 0.335 e. The minimum Gasteiger partial charge on any atom is -0.478 e. The molecule has 3 aromatic carbocycles. The van der Waals surface area contributed by atoms with Crippen molar-refractivity contribution in [3.63, 3.8) is 0 Å². The molecule has 1 heterocycles. The SMILES string of the molecule is O=C(O)c1cccc(CCCN2Cc3ccccc3Oc3ccc(Cl)cc32)c1. The number of carboxylic acid groups (broad SMARTS) is 1. The van der Waals surface area contributed by atoms with E-state index in [4.69, 9.17) is 21.4 Å². The molecule has 0 fully saturated rings. The molecule has 0 atom stereocenters. The van der Waals surface area contributed by atoms with Gasteiger partial charge in [-0.25, -0.2) is 4.79 Å². The summed E-state index contributed by atoms with van der Waals surface area (Å²) in [6.07, 6.45) is 1.69. The summed E-state index contributed by atoms with van der Waals surface area (Å²) in [5, 5.41) is 9.84. The van der Waals surface area contributed by atoms with Crippen LogP contribution in [0.25, 0.3) is 0 Å². The fourth-order valence-corrected chi connectivity index (χ4v) is 3.67. The van der Waals surface area contributed by atoms with E-state index >= 15 is 0 Å². The van der Waals surface area contributed by atoms with Crippen LogP contribution in [0.2, 0.25) is 5.02 Å². The highest BCUT2D eigenvalue weighted by Crippen LogP contribution is 2.40. The molecule has 0 saturated heterocycles. The number of carboxylic acids is 1. The second-order valence-corrected chi connectivity index (χ2v) is 7.29. The van der Waals surface area contributed by atoms with Crippen LogP contribution in [0.15, 0.2) is 66.7 Å². The number of fused-ring (bicyclic) bond motifs is 2. The summed E-state index contributed by atoms with van der Waals surface area (Å²) in [5.41, 5.74) is 3.45. The van der Waals surface area contributed by atoms with Crippen LogP contribution in [0.5, 0.6) is 11.5 Å². The summed E-state index contributed by atoms with van der Waals surface area (Å²) in [7, 11) is 0. The summed E-state index contributed by atoms with van der Waals surface area (Å²) in [4.78, 5) is 13.4. The zero-order chi connectivity index (χ0) is 19.5. The molecule has 0 spiro atoms. The van der Waals surface area contributed by atoms with Gasteiger partial charge in [0, 0.05) is 23.7 Å². The third-order valence-corrected chi connectivity index (χ3v) is 5.12. The van der Waals surface area contributed by atoms with Crippen LogP contribution in [-0.2, 0) is 13.0 Å². The molecule has 4 nitrogen and oxygen atoms in total. The number of halogens is 1. The number of nitrogens with zero attached hydrogens (tertiary/aromatic N) is 1. The molecule has 5 heteroatoms. The summed E-state index contributed by atoms with van der Waals surface area (Å²) in [6.45, 7) is 1.54. The van der Waals surface area contributed by atoms with E-state index in [1.807, 2.05) is 42.5 Å². The van der Waals surface area contributed by atoms with E-state index < -0.39 is 5.97 Å². The number of ether oxygens (including phenoxy) is 1. The lowest BCUT2D eigenvalue weighted by atomic mass is 10.1. The van der Waals surface area contributed by atoms with Crippen LogP contribution in [0.3, 0.4) is 0 Å². The molecule has 4 rings (SSSR count). The van der Waals surface area contributed by atoms with Gasteiger partial charge < -0.3 is 14.7 Å². The largest absolute Gasteiger partial charge is 0.478 e. The van der Waals surface area contributed by atoms with Gasteiger partial charge in [0.2, 0.25) is 0 Å². The fourth-order valence-electron chi connectivity index (χ4n) is 3.50. The van der Waals surface area contributed by atoms with E-state index in [1.165, 1.54) is 0 Å². The molecule has 0 unspecified atom stereocenters. The predicted octanol–water partition coefficient (Wildman–Crippen LogP) is 5.78. The van der Waals surface area contributed by atoms with Crippen LogP contribution < -0.4 is 9.64 Å². The van der Waals surface area contributed by atoms with E-state index in [0.29, 0.717) is 10.6 Å². The first kappa shape index (κ1) is 18.4. The Labute approximate surface area is 168 Å². The molecule has 1 N–H and O–H groups in total. The Balaban J connectivity index is 1.54. The topological polar surface area (TPSA) is 49.8 Å². The average Bonchev–Trinajstić information content (AvgIpc) is 2.85. The van der Waals surface area contributed by atoms with Crippen molar-refractivity contribution in [3.05, 3.63) is 88.4 Å². The second-order valence-electron chi connectivity index (χ2n) is 6.85. The number of aryl methyl sites for hydroxylation is 1. The Bertz CT molecular complexity index is 1020. The molecular formula is C23H20ClNO3. The first-order valence-corrected chi connectivity index (χ1v) is 9.60. The third-order valence-electron chi connectivity index (χ3n) is 4.88. The van der Waals surface area contributed by atoms with Gasteiger partial charge in [0.25, 0.3) is 0 Å². The standard InChI is InChI=1S/C23H20ClNO3/c24-19-10-11-22-20(14-19)25(15-18-7-1-2-9-21(18)28-22)12-4-6-16-5-3-8-17(13-16)23(26)27/h1-3,5,7-11,13-14H,4,6,12,15H2,(H,26,27). The van der Waals surface area contributed by atoms with Gasteiger partial charge in [-0.15, -0.1) is 0 Å². The molecular weight excluding hydrogens is 374 g/mol. The van der Waals surface area contributed by atoms with Crippen LogP contribution in [0, 0.1) is 0 Å². The number of hydrogen-bond acceptors (Lipinski definition) is 3. The van der Waals surface area contributed by atoms with Crippen molar-refractivity contribution < 1.29 is 14.6 Å². The third kappa shape index (κ3) is 3.97. The van der Waals surface area contributed by atoms with Gasteiger partial charge in [0.1, 0.15) is 5.75 Å². The monoisotopic (exact) mass is 393 g/mol. The van der Waals surface area contributed by atoms with E-state index in [1.54, 1.807) is 18.2 Å². The highest BCUT2D eigenvalue weighted by Gasteiger charge is 2.20. The van der Waals surface area contributed by atoms with Crippen molar-refractivity contribution in [2.75, 3.05) is 11.4 Å². The Morgan fingerprint density at radius 1 is 1.04 bits per heavy atom. The van der Waals surface area contributed by atoms with Crippen molar-refractivity contribution in [1.29, 1.82) is 0 Å². The van der Waals surface area contributed by atoms with Crippen molar-refractivity contribution in [2.24, 2.45) is 0 Å². The number of hydrogen-bond donors (Lipinski definition) is 1. The van der Waals surface area contributed by atoms with Gasteiger partial charge in [-0.2, -0.15) is 0 Å². The van der Waals surface area contributed by atoms with Gasteiger partial charge in [-0.3, -0.25) is 0 Å². The Kier molecular flexibility index (Phi) is 5.22. The Morgan fingerprint density at radius 2 is 1.89 bits per heavy atom. The van der Waals surface area contributed by atoms with Crippen molar-refractivity contribution in [2.45, 2.75) is 19.4 Å². The lowest BCUT2D eigenvalue weighted by molar-refractivity contribution is 0.0696. The number of para-hydroxylation sites is 1. The molecule has 0 aromatic heterocycles. The highest BCUT2D eigenvalue weighted by molar-refractivity contribution is 6.31. The molecule has 0 saturated carbocycles. The van der Waals surface area contributed by atoms with Crippen LogP contribution >= 0.6 is 11.6 Å². The van der Waals surface area contributed by atoms with Crippen molar-refractivity contribution >= 4 is 23.3 Å². The molecule has 0 radical (unpaired) electrons. The highest BCUT2D eigenvalue weighted by atomic mass is 35.5. The number of carbonyl (C=O) groups is 1. The molecule has 1 aliphatic rings. The number of benzene rings is 3. The Morgan fingerprint density at radius 3 is 2.75 bits per heavy atom. The minimum atomic E-state index is -0.897. The van der Waals surface area contributed by atoms with Crippen molar-refractivity contribution in [1.82, 2.24) is 0 Å². The van der Waals surface area contributed by atoms with Gasteiger partial charge in [-0.05, 0) is 54.8 Å². The summed E-state index contributed by atoms with van der Waals surface area (Å²) in [5.74, 6) is 0.761. The van der Waals surface area contributed by atoms with E-state index in [2.05, 4.69) is 11.0 Å². The first-order chi connectivity index (χ1) is 13.6. The van der Waals surface area contributed by atoms with Crippen LogP contribution in [0.1, 0.15) is 27.9 Å².